The molecule has 0 atom stereocenters. The zero-order valence-corrected chi connectivity index (χ0v) is 20.0. The Balaban J connectivity index is 1.03. The Morgan fingerprint density at radius 2 is 1.62 bits per heavy atom. The van der Waals surface area contributed by atoms with Crippen LogP contribution < -0.4 is 5.32 Å². The Labute approximate surface area is 203 Å². The molecule has 2 aliphatic rings. The van der Waals surface area contributed by atoms with E-state index in [-0.39, 0.29) is 5.91 Å². The second kappa shape index (κ2) is 11.0. The summed E-state index contributed by atoms with van der Waals surface area (Å²) in [6.07, 6.45) is 11.0. The van der Waals surface area contributed by atoms with Gasteiger partial charge in [0.05, 0.1) is 6.04 Å². The minimum atomic E-state index is 0.147. The number of aryl methyl sites for hydroxylation is 1. The number of piperidine rings is 1. The van der Waals surface area contributed by atoms with E-state index in [4.69, 9.17) is 0 Å². The predicted octanol–water partition coefficient (Wildman–Crippen LogP) is 5.78. The van der Waals surface area contributed by atoms with Gasteiger partial charge < -0.3 is 5.32 Å². The molecule has 5 rings (SSSR count). The zero-order chi connectivity index (χ0) is 23.2. The molecular formula is C30H35N3O. The lowest BCUT2D eigenvalue weighted by Crippen LogP contribution is -2.36. The largest absolute Gasteiger partial charge is 0.356 e. The van der Waals surface area contributed by atoms with E-state index in [9.17, 15) is 4.79 Å². The molecule has 0 bridgehead atoms. The number of amides is 1. The molecule has 0 radical (unpaired) electrons. The maximum absolute atomic E-state index is 12.1. The summed E-state index contributed by atoms with van der Waals surface area (Å²) in [4.78, 5) is 18.9. The van der Waals surface area contributed by atoms with Gasteiger partial charge in [0.2, 0.25) is 5.91 Å². The number of aromatic nitrogens is 1. The number of likely N-dealkylation sites (tertiary alicyclic amines) is 1. The number of unbranched alkanes of at least 4 members (excludes halogenated alkanes) is 1. The third-order valence-corrected chi connectivity index (χ3v) is 7.54. The number of carbonyl (C=O) groups is 1. The summed E-state index contributed by atoms with van der Waals surface area (Å²) >= 11 is 0. The first-order chi connectivity index (χ1) is 16.8. The van der Waals surface area contributed by atoms with E-state index in [0.29, 0.717) is 12.5 Å². The average molecular weight is 454 g/mol. The Morgan fingerprint density at radius 3 is 2.29 bits per heavy atom. The molecule has 4 heteroatoms. The predicted molar refractivity (Wildman–Crippen MR) is 137 cm³/mol. The first kappa shape index (κ1) is 22.8. The van der Waals surface area contributed by atoms with E-state index in [0.717, 1.165) is 30.9 Å². The first-order valence-electron chi connectivity index (χ1n) is 12.9. The number of hydrogen-bond donors (Lipinski definition) is 1. The zero-order valence-electron chi connectivity index (χ0n) is 20.0. The molecule has 34 heavy (non-hydrogen) atoms. The molecule has 3 aromatic rings. The highest BCUT2D eigenvalue weighted by Gasteiger charge is 2.34. The fourth-order valence-corrected chi connectivity index (χ4v) is 5.70. The first-order valence-corrected chi connectivity index (χ1v) is 12.9. The summed E-state index contributed by atoms with van der Waals surface area (Å²) in [7, 11) is 0. The molecule has 1 aromatic heterocycles. The van der Waals surface area contributed by atoms with Gasteiger partial charge in [0.25, 0.3) is 0 Å². The molecule has 0 saturated carbocycles. The van der Waals surface area contributed by atoms with E-state index in [1.807, 2.05) is 18.3 Å². The quantitative estimate of drug-likeness (QED) is 0.418. The van der Waals surface area contributed by atoms with Gasteiger partial charge in [-0.2, -0.15) is 0 Å². The van der Waals surface area contributed by atoms with Gasteiger partial charge >= 0.3 is 0 Å². The summed E-state index contributed by atoms with van der Waals surface area (Å²) in [6, 6.07) is 22.2. The number of rotatable bonds is 9. The van der Waals surface area contributed by atoms with E-state index < -0.39 is 0 Å². The van der Waals surface area contributed by atoms with Crippen molar-refractivity contribution in [2.75, 3.05) is 19.6 Å². The molecule has 1 aliphatic carbocycles. The van der Waals surface area contributed by atoms with Crippen molar-refractivity contribution in [3.8, 4) is 11.1 Å². The maximum Gasteiger partial charge on any atom is 0.220 e. The Hall–Kier alpha value is -2.98. The minimum Gasteiger partial charge on any atom is -0.356 e. The van der Waals surface area contributed by atoms with E-state index in [2.05, 4.69) is 63.7 Å². The standard InChI is InChI=1S/C30H35N3O/c34-29(15-14-24-9-7-18-31-22-24)32-19-6-5-8-23-16-20-33(21-17-23)30-27-12-3-1-10-25(27)26-11-2-4-13-28(26)30/h1-4,7,9-13,18,22-23,30H,5-6,8,14-17,19-21H2,(H,32,34). The summed E-state index contributed by atoms with van der Waals surface area (Å²) < 4.78 is 0. The molecule has 1 aliphatic heterocycles. The number of hydrogen-bond acceptors (Lipinski definition) is 3. The van der Waals surface area contributed by atoms with Gasteiger partial charge in [0.15, 0.2) is 0 Å². The monoisotopic (exact) mass is 453 g/mol. The molecule has 1 saturated heterocycles. The SMILES string of the molecule is O=C(CCc1cccnc1)NCCCCC1CCN(C2c3ccccc3-c3ccccc32)CC1. The van der Waals surface area contributed by atoms with Gasteiger partial charge in [0, 0.05) is 25.4 Å². The van der Waals surface area contributed by atoms with Crippen molar-refractivity contribution >= 4 is 5.91 Å². The van der Waals surface area contributed by atoms with Crippen LogP contribution in [0, 0.1) is 5.92 Å². The summed E-state index contributed by atoms with van der Waals surface area (Å²) in [5.41, 5.74) is 6.89. The Kier molecular flexibility index (Phi) is 7.35. The lowest BCUT2D eigenvalue weighted by Gasteiger charge is -2.37. The fraction of sp³-hybridized carbons (Fsp3) is 0.400. The van der Waals surface area contributed by atoms with Crippen molar-refractivity contribution in [3.05, 3.63) is 89.7 Å². The van der Waals surface area contributed by atoms with Crippen molar-refractivity contribution in [2.24, 2.45) is 5.92 Å². The lowest BCUT2D eigenvalue weighted by molar-refractivity contribution is -0.121. The average Bonchev–Trinajstić information content (AvgIpc) is 3.23. The van der Waals surface area contributed by atoms with Gasteiger partial charge in [-0.3, -0.25) is 14.7 Å². The van der Waals surface area contributed by atoms with Crippen LogP contribution >= 0.6 is 0 Å². The van der Waals surface area contributed by atoms with Crippen LogP contribution in [-0.4, -0.2) is 35.4 Å². The summed E-state index contributed by atoms with van der Waals surface area (Å²) in [5.74, 6) is 0.957. The Morgan fingerprint density at radius 1 is 0.912 bits per heavy atom. The highest BCUT2D eigenvalue weighted by Crippen LogP contribution is 2.47. The molecule has 4 nitrogen and oxygen atoms in total. The molecular weight excluding hydrogens is 418 g/mol. The van der Waals surface area contributed by atoms with Gasteiger partial charge in [-0.1, -0.05) is 67.4 Å². The van der Waals surface area contributed by atoms with Gasteiger partial charge in [-0.05, 0) is 78.6 Å². The number of carbonyl (C=O) groups excluding carboxylic acids is 1. The number of nitrogens with zero attached hydrogens (tertiary/aromatic N) is 2. The molecule has 1 amide bonds. The van der Waals surface area contributed by atoms with Crippen molar-refractivity contribution in [1.82, 2.24) is 15.2 Å². The van der Waals surface area contributed by atoms with E-state index >= 15 is 0 Å². The van der Waals surface area contributed by atoms with Crippen LogP contribution in [0.1, 0.15) is 61.3 Å². The molecule has 2 aromatic carbocycles. The number of pyridine rings is 1. The van der Waals surface area contributed by atoms with Gasteiger partial charge in [0.1, 0.15) is 0 Å². The topological polar surface area (TPSA) is 45.2 Å². The summed E-state index contributed by atoms with van der Waals surface area (Å²) in [5, 5.41) is 3.09. The van der Waals surface area contributed by atoms with Crippen LogP contribution in [0.2, 0.25) is 0 Å². The van der Waals surface area contributed by atoms with Gasteiger partial charge in [-0.25, -0.2) is 0 Å². The van der Waals surface area contributed by atoms with Crippen molar-refractivity contribution in [2.45, 2.75) is 51.0 Å². The Bertz CT molecular complexity index is 1040. The van der Waals surface area contributed by atoms with Crippen LogP contribution in [0.3, 0.4) is 0 Å². The van der Waals surface area contributed by atoms with E-state index in [1.165, 1.54) is 61.0 Å². The number of fused-ring (bicyclic) bond motifs is 3. The fourth-order valence-electron chi connectivity index (χ4n) is 5.70. The summed E-state index contributed by atoms with van der Waals surface area (Å²) in [6.45, 7) is 3.13. The van der Waals surface area contributed by atoms with Gasteiger partial charge in [-0.15, -0.1) is 0 Å². The molecule has 176 valence electrons. The normalized spacial score (nSPS) is 16.2. The van der Waals surface area contributed by atoms with Crippen LogP contribution in [0.4, 0.5) is 0 Å². The van der Waals surface area contributed by atoms with Crippen LogP contribution in [0.5, 0.6) is 0 Å². The van der Waals surface area contributed by atoms with Crippen LogP contribution in [0.25, 0.3) is 11.1 Å². The number of benzene rings is 2. The van der Waals surface area contributed by atoms with Crippen LogP contribution in [-0.2, 0) is 11.2 Å². The van der Waals surface area contributed by atoms with Crippen molar-refractivity contribution in [3.63, 3.8) is 0 Å². The highest BCUT2D eigenvalue weighted by molar-refractivity contribution is 5.78. The molecule has 0 unspecified atom stereocenters. The van der Waals surface area contributed by atoms with Crippen molar-refractivity contribution < 1.29 is 4.79 Å². The smallest absolute Gasteiger partial charge is 0.220 e. The van der Waals surface area contributed by atoms with Crippen molar-refractivity contribution in [1.29, 1.82) is 0 Å². The lowest BCUT2D eigenvalue weighted by atomic mass is 9.89. The minimum absolute atomic E-state index is 0.147. The molecule has 0 spiro atoms. The van der Waals surface area contributed by atoms with Crippen LogP contribution in [0.15, 0.2) is 73.1 Å². The highest BCUT2D eigenvalue weighted by atomic mass is 16.1. The number of nitrogens with one attached hydrogen (secondary N) is 1. The molecule has 1 fully saturated rings. The molecule has 2 heterocycles. The maximum atomic E-state index is 12.1. The van der Waals surface area contributed by atoms with E-state index in [1.54, 1.807) is 6.20 Å². The second-order valence-electron chi connectivity index (χ2n) is 9.76. The third-order valence-electron chi connectivity index (χ3n) is 7.54. The second-order valence-corrected chi connectivity index (χ2v) is 9.76. The molecule has 1 N–H and O–H groups in total. The third kappa shape index (κ3) is 5.23.